The van der Waals surface area contributed by atoms with Gasteiger partial charge < -0.3 is 4.74 Å². The van der Waals surface area contributed by atoms with Crippen LogP contribution < -0.4 is 14.6 Å². The van der Waals surface area contributed by atoms with Gasteiger partial charge in [-0.1, -0.05) is 35.9 Å². The molecule has 1 aliphatic heterocycles. The van der Waals surface area contributed by atoms with E-state index in [9.17, 15) is 4.79 Å². The number of para-hydroxylation sites is 1. The highest BCUT2D eigenvalue weighted by atomic mass is 35.5. The van der Waals surface area contributed by atoms with Gasteiger partial charge >= 0.3 is 0 Å². The molecule has 4 aromatic rings. The summed E-state index contributed by atoms with van der Waals surface area (Å²) in [6, 6.07) is 28.8. The first-order valence-electron chi connectivity index (χ1n) is 10.4. The quantitative estimate of drug-likeness (QED) is 0.299. The van der Waals surface area contributed by atoms with Crippen molar-refractivity contribution in [1.29, 1.82) is 0 Å². The van der Waals surface area contributed by atoms with Crippen LogP contribution >= 0.6 is 22.9 Å². The van der Waals surface area contributed by atoms with Crippen LogP contribution in [0.15, 0.2) is 101 Å². The fourth-order valence-electron chi connectivity index (χ4n) is 3.71. The number of benzene rings is 3. The Balaban J connectivity index is 1.51. The second-order valence-electron chi connectivity index (χ2n) is 7.47. The molecule has 5 rings (SSSR count). The average molecular weight is 474 g/mol. The van der Waals surface area contributed by atoms with Crippen LogP contribution in [-0.2, 0) is 4.79 Å². The number of nitrogens with zero attached hydrogens (tertiary/aromatic N) is 3. The normalized spacial score (nSPS) is 15.5. The molecule has 7 heteroatoms. The van der Waals surface area contributed by atoms with Crippen molar-refractivity contribution in [2.24, 2.45) is 5.10 Å². The minimum Gasteiger partial charge on any atom is -0.457 e. The highest BCUT2D eigenvalue weighted by Gasteiger charge is 2.39. The predicted molar refractivity (Wildman–Crippen MR) is 135 cm³/mol. The first-order chi connectivity index (χ1) is 16.1. The minimum atomic E-state index is -0.269. The van der Waals surface area contributed by atoms with E-state index >= 15 is 0 Å². The summed E-state index contributed by atoms with van der Waals surface area (Å²) in [5, 5.41) is 9.34. The van der Waals surface area contributed by atoms with Crippen LogP contribution in [0.4, 0.5) is 11.4 Å². The Kier molecular flexibility index (Phi) is 5.86. The van der Waals surface area contributed by atoms with Crippen LogP contribution in [0.25, 0.3) is 0 Å². The van der Waals surface area contributed by atoms with Gasteiger partial charge in [0.1, 0.15) is 11.5 Å². The Hall–Kier alpha value is -3.61. The van der Waals surface area contributed by atoms with Crippen LogP contribution in [0.3, 0.4) is 0 Å². The van der Waals surface area contributed by atoms with Crippen molar-refractivity contribution in [1.82, 2.24) is 0 Å². The fourth-order valence-corrected chi connectivity index (χ4v) is 4.64. The molecule has 0 spiro atoms. The number of Topliss-reactive ketones (excluding diaryl/α,β-unsaturated/α-hetero) is 1. The van der Waals surface area contributed by atoms with E-state index in [-0.39, 0.29) is 11.9 Å². The molecule has 0 saturated heterocycles. The van der Waals surface area contributed by atoms with Crippen molar-refractivity contribution in [3.05, 3.63) is 106 Å². The summed E-state index contributed by atoms with van der Waals surface area (Å²) in [4.78, 5) is 15.7. The maximum Gasteiger partial charge on any atom is 0.198 e. The lowest BCUT2D eigenvalue weighted by atomic mass is 10.2. The van der Waals surface area contributed by atoms with Crippen molar-refractivity contribution in [2.75, 3.05) is 9.91 Å². The smallest absolute Gasteiger partial charge is 0.198 e. The number of rotatable bonds is 6. The highest BCUT2D eigenvalue weighted by Crippen LogP contribution is 2.41. The molecule has 2 heterocycles. The van der Waals surface area contributed by atoms with Gasteiger partial charge in [0.25, 0.3) is 0 Å². The van der Waals surface area contributed by atoms with Gasteiger partial charge in [-0.3, -0.25) is 9.69 Å². The molecule has 0 aliphatic carbocycles. The molecule has 1 atom stereocenters. The van der Waals surface area contributed by atoms with E-state index in [0.717, 1.165) is 16.3 Å². The molecular formula is C26H20ClN3O2S. The summed E-state index contributed by atoms with van der Waals surface area (Å²) < 4.78 is 5.93. The number of carbonyl (C=O) groups is 1. The van der Waals surface area contributed by atoms with E-state index in [2.05, 4.69) is 6.07 Å². The molecule has 0 unspecified atom stereocenters. The summed E-state index contributed by atoms with van der Waals surface area (Å²) in [6.07, 6.45) is -0.269. The lowest BCUT2D eigenvalue weighted by Gasteiger charge is -2.31. The molecule has 3 aromatic carbocycles. The number of anilines is 2. The van der Waals surface area contributed by atoms with Gasteiger partial charge in [-0.2, -0.15) is 0 Å². The first kappa shape index (κ1) is 21.2. The monoisotopic (exact) mass is 473 g/mol. The molecule has 5 nitrogen and oxygen atoms in total. The van der Waals surface area contributed by atoms with E-state index in [4.69, 9.17) is 21.4 Å². The number of halogens is 1. The van der Waals surface area contributed by atoms with Crippen LogP contribution in [0.1, 0.15) is 18.0 Å². The summed E-state index contributed by atoms with van der Waals surface area (Å²) in [5.41, 5.74) is 1.77. The molecule has 1 aromatic heterocycles. The zero-order valence-electron chi connectivity index (χ0n) is 17.8. The molecule has 0 fully saturated rings. The van der Waals surface area contributed by atoms with Crippen molar-refractivity contribution in [3.8, 4) is 11.5 Å². The van der Waals surface area contributed by atoms with E-state index < -0.39 is 0 Å². The minimum absolute atomic E-state index is 0.100. The number of amidine groups is 1. The van der Waals surface area contributed by atoms with Gasteiger partial charge in [0.2, 0.25) is 0 Å². The van der Waals surface area contributed by atoms with Crippen LogP contribution in [0, 0.1) is 0 Å². The van der Waals surface area contributed by atoms with E-state index in [1.165, 1.54) is 0 Å². The lowest BCUT2D eigenvalue weighted by Crippen LogP contribution is -2.37. The Morgan fingerprint density at radius 1 is 0.879 bits per heavy atom. The molecule has 0 radical (unpaired) electrons. The van der Waals surface area contributed by atoms with Crippen molar-refractivity contribution in [2.45, 2.75) is 13.1 Å². The third-order valence-electron chi connectivity index (χ3n) is 5.20. The standard InChI is InChI=1S/C26H20ClN3O2S/c1-18(31)25-28-30(21-6-3-2-4-7-21)26(24-8-5-17-33-24)29(25)20-11-15-23(16-12-20)32-22-13-9-19(27)10-14-22/h2-17,26H,1H3/t26-/m0/s1. The van der Waals surface area contributed by atoms with E-state index in [1.54, 1.807) is 30.4 Å². The molecule has 0 bridgehead atoms. The Morgan fingerprint density at radius 2 is 1.55 bits per heavy atom. The zero-order valence-corrected chi connectivity index (χ0v) is 19.3. The van der Waals surface area contributed by atoms with Crippen LogP contribution in [-0.4, -0.2) is 11.6 Å². The SMILES string of the molecule is CC(=O)C1=NN(c2ccccc2)[C@@H](c2cccs2)N1c1ccc(Oc2ccc(Cl)cc2)cc1. The van der Waals surface area contributed by atoms with Gasteiger partial charge in [0.15, 0.2) is 17.8 Å². The number of hydrogen-bond acceptors (Lipinski definition) is 6. The van der Waals surface area contributed by atoms with Gasteiger partial charge in [0, 0.05) is 22.5 Å². The maximum atomic E-state index is 12.6. The molecule has 0 N–H and O–H groups in total. The average Bonchev–Trinajstić information content (AvgIpc) is 3.50. The Bertz CT molecular complexity index is 1270. The molecule has 0 saturated carbocycles. The number of hydrogen-bond donors (Lipinski definition) is 0. The third-order valence-corrected chi connectivity index (χ3v) is 6.37. The van der Waals surface area contributed by atoms with Crippen LogP contribution in [0.2, 0.25) is 5.02 Å². The lowest BCUT2D eigenvalue weighted by molar-refractivity contribution is -0.111. The van der Waals surface area contributed by atoms with E-state index in [0.29, 0.717) is 22.4 Å². The van der Waals surface area contributed by atoms with Crippen molar-refractivity contribution >= 4 is 45.9 Å². The summed E-state index contributed by atoms with van der Waals surface area (Å²) in [7, 11) is 0. The Labute approximate surface area is 201 Å². The van der Waals surface area contributed by atoms with Gasteiger partial charge in [0.05, 0.1) is 5.69 Å². The van der Waals surface area contributed by atoms with E-state index in [1.807, 2.05) is 88.1 Å². The molecule has 33 heavy (non-hydrogen) atoms. The number of ketones is 1. The Morgan fingerprint density at radius 3 is 2.15 bits per heavy atom. The predicted octanol–water partition coefficient (Wildman–Crippen LogP) is 7.12. The largest absolute Gasteiger partial charge is 0.457 e. The number of carbonyl (C=O) groups excluding carboxylic acids is 1. The summed E-state index contributed by atoms with van der Waals surface area (Å²) in [5.74, 6) is 1.68. The molecule has 164 valence electrons. The third kappa shape index (κ3) is 4.35. The topological polar surface area (TPSA) is 45.1 Å². The highest BCUT2D eigenvalue weighted by molar-refractivity contribution is 7.10. The molecule has 0 amide bonds. The number of ether oxygens (including phenoxy) is 1. The fraction of sp³-hybridized carbons (Fsp3) is 0.0769. The van der Waals surface area contributed by atoms with Crippen LogP contribution in [0.5, 0.6) is 11.5 Å². The van der Waals surface area contributed by atoms with Crippen molar-refractivity contribution in [3.63, 3.8) is 0 Å². The van der Waals surface area contributed by atoms with Gasteiger partial charge in [-0.25, -0.2) is 5.01 Å². The first-order valence-corrected chi connectivity index (χ1v) is 11.7. The van der Waals surface area contributed by atoms with Gasteiger partial charge in [-0.15, -0.1) is 16.4 Å². The maximum absolute atomic E-state index is 12.6. The number of hydrazone groups is 1. The molecular weight excluding hydrogens is 454 g/mol. The molecule has 1 aliphatic rings. The zero-order chi connectivity index (χ0) is 22.8. The summed E-state index contributed by atoms with van der Waals surface area (Å²) in [6.45, 7) is 1.55. The van der Waals surface area contributed by atoms with Crippen molar-refractivity contribution < 1.29 is 9.53 Å². The second-order valence-corrected chi connectivity index (χ2v) is 8.88. The summed E-state index contributed by atoms with van der Waals surface area (Å²) >= 11 is 7.59. The number of thiophene rings is 1. The second kappa shape index (κ2) is 9.10. The van der Waals surface area contributed by atoms with Gasteiger partial charge in [-0.05, 0) is 72.1 Å².